The Morgan fingerprint density at radius 1 is 1.15 bits per heavy atom. The Labute approximate surface area is 193 Å². The number of ether oxygens (including phenoxy) is 1. The van der Waals surface area contributed by atoms with Gasteiger partial charge in [0.25, 0.3) is 0 Å². The van der Waals surface area contributed by atoms with Crippen LogP contribution in [0.3, 0.4) is 0 Å². The van der Waals surface area contributed by atoms with E-state index in [0.29, 0.717) is 40.8 Å². The first-order valence-electron chi connectivity index (χ1n) is 11.4. The number of hydrogen-bond acceptors (Lipinski definition) is 4. The molecule has 0 atom stereocenters. The average molecular weight is 467 g/mol. The lowest BCUT2D eigenvalue weighted by molar-refractivity contribution is -0.169. The molecule has 2 aromatic heterocycles. The van der Waals surface area contributed by atoms with Gasteiger partial charge in [-0.3, -0.25) is 5.10 Å². The lowest BCUT2D eigenvalue weighted by Gasteiger charge is -2.41. The molecule has 3 N–H and O–H groups in total. The predicted molar refractivity (Wildman–Crippen MR) is 120 cm³/mol. The van der Waals surface area contributed by atoms with Gasteiger partial charge in [0.2, 0.25) is 0 Å². The minimum Gasteiger partial charge on any atom is -0.479 e. The molecule has 0 radical (unpaired) electrons. The summed E-state index contributed by atoms with van der Waals surface area (Å²) in [5.41, 5.74) is 1.34. The smallest absolute Gasteiger partial charge is 0.335 e. The number of aliphatic carboxylic acids is 1. The fourth-order valence-corrected chi connectivity index (χ4v) is 5.64. The van der Waals surface area contributed by atoms with Crippen molar-refractivity contribution in [3.05, 3.63) is 59.4 Å². The van der Waals surface area contributed by atoms with Crippen LogP contribution >= 0.6 is 0 Å². The highest BCUT2D eigenvalue weighted by molar-refractivity contribution is 6.00. The highest BCUT2D eigenvalue weighted by Crippen LogP contribution is 2.52. The molecular formula is C25H23F2N3O4. The molecule has 34 heavy (non-hydrogen) atoms. The molecule has 0 unspecified atom stereocenters. The van der Waals surface area contributed by atoms with E-state index in [-0.39, 0.29) is 36.0 Å². The van der Waals surface area contributed by atoms with Gasteiger partial charge in [-0.25, -0.2) is 13.6 Å². The Bertz CT molecular complexity index is 1410. The number of carboxylic acids is 1. The third-order valence-corrected chi connectivity index (χ3v) is 7.35. The zero-order valence-corrected chi connectivity index (χ0v) is 18.2. The van der Waals surface area contributed by atoms with Crippen molar-refractivity contribution in [3.8, 4) is 5.69 Å². The van der Waals surface area contributed by atoms with Crippen molar-refractivity contribution in [2.75, 3.05) is 13.2 Å². The molecule has 7 nitrogen and oxygen atoms in total. The van der Waals surface area contributed by atoms with Gasteiger partial charge in [0.1, 0.15) is 11.3 Å². The van der Waals surface area contributed by atoms with Crippen molar-refractivity contribution >= 4 is 27.8 Å². The van der Waals surface area contributed by atoms with E-state index < -0.39 is 17.4 Å². The van der Waals surface area contributed by atoms with Crippen LogP contribution in [0.25, 0.3) is 27.5 Å². The first-order chi connectivity index (χ1) is 16.4. The first kappa shape index (κ1) is 21.2. The summed E-state index contributed by atoms with van der Waals surface area (Å²) in [7, 11) is 0. The zero-order chi connectivity index (χ0) is 23.6. The molecule has 176 valence electrons. The van der Waals surface area contributed by atoms with Crippen molar-refractivity contribution in [2.24, 2.45) is 0 Å². The number of fused-ring (bicyclic) bond motifs is 2. The highest BCUT2D eigenvalue weighted by atomic mass is 19.1. The van der Waals surface area contributed by atoms with Crippen LogP contribution in [0, 0.1) is 11.6 Å². The number of aromatic amines is 1. The van der Waals surface area contributed by atoms with Crippen molar-refractivity contribution in [3.63, 3.8) is 0 Å². The minimum atomic E-state index is -1.82. The van der Waals surface area contributed by atoms with E-state index in [0.717, 1.165) is 18.5 Å². The molecule has 0 bridgehead atoms. The van der Waals surface area contributed by atoms with Gasteiger partial charge in [0.05, 0.1) is 11.7 Å². The van der Waals surface area contributed by atoms with Gasteiger partial charge in [-0.1, -0.05) is 0 Å². The molecule has 2 aromatic carbocycles. The number of nitrogens with one attached hydrogen (secondary N) is 1. The molecule has 1 saturated carbocycles. The van der Waals surface area contributed by atoms with E-state index in [2.05, 4.69) is 10.2 Å². The molecule has 1 aliphatic carbocycles. The quantitative estimate of drug-likeness (QED) is 0.414. The number of aromatic nitrogens is 3. The highest BCUT2D eigenvalue weighted by Gasteiger charge is 2.51. The molecule has 4 aromatic rings. The number of halogens is 2. The lowest BCUT2D eigenvalue weighted by Crippen LogP contribution is -2.49. The number of hydrogen-bond donors (Lipinski definition) is 3. The van der Waals surface area contributed by atoms with Gasteiger partial charge in [-0.15, -0.1) is 0 Å². The van der Waals surface area contributed by atoms with Crippen molar-refractivity contribution in [1.82, 2.24) is 14.8 Å². The monoisotopic (exact) mass is 467 g/mol. The van der Waals surface area contributed by atoms with Gasteiger partial charge >= 0.3 is 5.97 Å². The van der Waals surface area contributed by atoms with Crippen LogP contribution in [0.4, 0.5) is 8.78 Å². The third-order valence-electron chi connectivity index (χ3n) is 7.35. The molecule has 3 heterocycles. The Balaban J connectivity index is 1.68. The average Bonchev–Trinajstić information content (AvgIpc) is 3.41. The van der Waals surface area contributed by atoms with E-state index in [1.165, 1.54) is 12.1 Å². The third kappa shape index (κ3) is 3.07. The lowest BCUT2D eigenvalue weighted by atomic mass is 9.66. The van der Waals surface area contributed by atoms with Gasteiger partial charge < -0.3 is 19.5 Å². The maximum absolute atomic E-state index is 16.0. The summed E-state index contributed by atoms with van der Waals surface area (Å²) < 4.78 is 37.3. The fraction of sp³-hybridized carbons (Fsp3) is 0.360. The van der Waals surface area contributed by atoms with Crippen molar-refractivity contribution < 1.29 is 28.5 Å². The largest absolute Gasteiger partial charge is 0.479 e. The second kappa shape index (κ2) is 7.61. The second-order valence-electron chi connectivity index (χ2n) is 9.36. The molecule has 2 aliphatic rings. The van der Waals surface area contributed by atoms with E-state index in [1.54, 1.807) is 18.3 Å². The number of aliphatic hydroxyl groups is 1. The van der Waals surface area contributed by atoms with Gasteiger partial charge in [0.15, 0.2) is 11.4 Å². The molecule has 6 rings (SSSR count). The summed E-state index contributed by atoms with van der Waals surface area (Å²) in [6, 6.07) is 7.91. The maximum atomic E-state index is 16.0. The first-order valence-corrected chi connectivity index (χ1v) is 11.4. The summed E-state index contributed by atoms with van der Waals surface area (Å²) >= 11 is 0. The minimum absolute atomic E-state index is 0.00153. The normalized spacial score (nSPS) is 23.4. The maximum Gasteiger partial charge on any atom is 0.335 e. The molecule has 2 fully saturated rings. The topological polar surface area (TPSA) is 100 Å². The summed E-state index contributed by atoms with van der Waals surface area (Å²) in [6.07, 6.45) is 3.01. The van der Waals surface area contributed by atoms with Crippen molar-refractivity contribution in [1.29, 1.82) is 0 Å². The number of benzene rings is 2. The molecule has 1 aliphatic heterocycles. The van der Waals surface area contributed by atoms with E-state index in [1.807, 2.05) is 10.6 Å². The Kier molecular flexibility index (Phi) is 4.76. The predicted octanol–water partition coefficient (Wildman–Crippen LogP) is 4.37. The number of H-pyrrole nitrogens is 1. The molecule has 0 amide bonds. The van der Waals surface area contributed by atoms with Crippen LogP contribution in [-0.2, 0) is 9.53 Å². The Hall–Kier alpha value is -3.30. The van der Waals surface area contributed by atoms with E-state index in [4.69, 9.17) is 4.74 Å². The van der Waals surface area contributed by atoms with Crippen LogP contribution in [-0.4, -0.2) is 49.8 Å². The van der Waals surface area contributed by atoms with Crippen LogP contribution in [0.15, 0.2) is 36.5 Å². The Morgan fingerprint density at radius 3 is 2.53 bits per heavy atom. The number of rotatable bonds is 4. The summed E-state index contributed by atoms with van der Waals surface area (Å²) in [5.74, 6) is -2.40. The zero-order valence-electron chi connectivity index (χ0n) is 18.2. The van der Waals surface area contributed by atoms with Crippen LogP contribution in [0.2, 0.25) is 0 Å². The molecule has 0 spiro atoms. The van der Waals surface area contributed by atoms with Crippen LogP contribution in [0.1, 0.15) is 48.8 Å². The van der Waals surface area contributed by atoms with Crippen LogP contribution < -0.4 is 0 Å². The van der Waals surface area contributed by atoms with Gasteiger partial charge in [0, 0.05) is 41.3 Å². The van der Waals surface area contributed by atoms with Gasteiger partial charge in [-0.05, 0) is 67.5 Å². The summed E-state index contributed by atoms with van der Waals surface area (Å²) in [6.45, 7) is 1.12. The van der Waals surface area contributed by atoms with Crippen LogP contribution in [0.5, 0.6) is 0 Å². The second-order valence-corrected chi connectivity index (χ2v) is 9.36. The van der Waals surface area contributed by atoms with E-state index >= 15 is 4.39 Å². The Morgan fingerprint density at radius 2 is 1.85 bits per heavy atom. The number of carbonyl (C=O) groups is 1. The fourth-order valence-electron chi connectivity index (χ4n) is 5.64. The van der Waals surface area contributed by atoms with Crippen molar-refractivity contribution in [2.45, 2.75) is 43.1 Å². The molecular weight excluding hydrogens is 444 g/mol. The standard InChI is InChI=1S/C25H23F2N3O4/c26-16-1-3-17(4-2-16)30-18-9-14-12-28-29-22(14)21(27)20(18)19(15-10-25(33,11-15)24(31)32)23(30)13-5-7-34-8-6-13/h1-4,9,12-13,15,33H,5-8,10-11H2,(H,28,29)(H,31,32). The summed E-state index contributed by atoms with van der Waals surface area (Å²) in [4.78, 5) is 11.6. The van der Waals surface area contributed by atoms with E-state index in [9.17, 15) is 19.4 Å². The number of carboxylic acid groups (broad SMARTS) is 1. The molecule has 1 saturated heterocycles. The van der Waals surface area contributed by atoms with Gasteiger partial charge in [-0.2, -0.15) is 5.10 Å². The molecule has 9 heteroatoms. The SMILES string of the molecule is O=C(O)C1(O)CC(c2c(C3CCOCC3)n(-c3ccc(F)cc3)c3cc4cn[nH]c4c(F)c23)C1. The summed E-state index contributed by atoms with van der Waals surface area (Å²) in [5, 5.41) is 27.7. The number of nitrogens with zero attached hydrogens (tertiary/aromatic N) is 2.